The van der Waals surface area contributed by atoms with Crippen molar-refractivity contribution in [2.24, 2.45) is 0 Å². The summed E-state index contributed by atoms with van der Waals surface area (Å²) in [4.78, 5) is 23.3. The molecule has 2 aromatic rings. The zero-order valence-corrected chi connectivity index (χ0v) is 14.8. The van der Waals surface area contributed by atoms with Crippen molar-refractivity contribution < 1.29 is 24.2 Å². The van der Waals surface area contributed by atoms with Crippen LogP contribution in [-0.4, -0.2) is 43.0 Å². The summed E-state index contributed by atoms with van der Waals surface area (Å²) in [5, 5.41) is 11.5. The molecular weight excluding hydrogens is 346 g/mol. The fraction of sp³-hybridized carbons (Fsp3) is 0.238. The molecule has 0 spiro atoms. The number of ether oxygens (including phenoxy) is 2. The van der Waals surface area contributed by atoms with Crippen molar-refractivity contribution in [3.63, 3.8) is 0 Å². The Bertz CT molecular complexity index is 802. The molecular formula is C21H21NO5. The van der Waals surface area contributed by atoms with E-state index in [1.165, 1.54) is 6.08 Å². The van der Waals surface area contributed by atoms with E-state index in [1.54, 1.807) is 0 Å². The number of aliphatic carboxylic acids is 1. The zero-order chi connectivity index (χ0) is 19.2. The molecule has 0 aliphatic heterocycles. The molecule has 27 heavy (non-hydrogen) atoms. The van der Waals surface area contributed by atoms with Gasteiger partial charge in [0.05, 0.1) is 13.2 Å². The van der Waals surface area contributed by atoms with Crippen molar-refractivity contribution in [2.75, 3.05) is 19.8 Å². The van der Waals surface area contributed by atoms with Gasteiger partial charge in [-0.3, -0.25) is 0 Å². The van der Waals surface area contributed by atoms with Crippen LogP contribution in [0.3, 0.4) is 0 Å². The Morgan fingerprint density at radius 3 is 2.26 bits per heavy atom. The van der Waals surface area contributed by atoms with Gasteiger partial charge in [0.15, 0.2) is 6.04 Å². The minimum atomic E-state index is -1.19. The third-order valence-corrected chi connectivity index (χ3v) is 4.45. The van der Waals surface area contributed by atoms with Crippen molar-refractivity contribution in [1.82, 2.24) is 5.32 Å². The average molecular weight is 367 g/mol. The molecule has 0 radical (unpaired) electrons. The number of benzene rings is 2. The molecule has 3 rings (SSSR count). The minimum absolute atomic E-state index is 0.0801. The van der Waals surface area contributed by atoms with E-state index in [2.05, 4.69) is 11.9 Å². The summed E-state index contributed by atoms with van der Waals surface area (Å²) in [5.41, 5.74) is 4.44. The molecule has 0 unspecified atom stereocenters. The molecule has 0 heterocycles. The van der Waals surface area contributed by atoms with E-state index in [-0.39, 0.29) is 25.7 Å². The fourth-order valence-electron chi connectivity index (χ4n) is 3.23. The largest absolute Gasteiger partial charge is 0.480 e. The Balaban J connectivity index is 1.65. The van der Waals surface area contributed by atoms with Crippen LogP contribution in [0.2, 0.25) is 0 Å². The normalized spacial score (nSPS) is 13.3. The third kappa shape index (κ3) is 4.17. The first-order valence-electron chi connectivity index (χ1n) is 8.64. The van der Waals surface area contributed by atoms with Crippen LogP contribution in [0.1, 0.15) is 17.0 Å². The number of hydrogen-bond acceptors (Lipinski definition) is 4. The van der Waals surface area contributed by atoms with Crippen LogP contribution >= 0.6 is 0 Å². The van der Waals surface area contributed by atoms with Gasteiger partial charge in [0.25, 0.3) is 0 Å². The van der Waals surface area contributed by atoms with Crippen molar-refractivity contribution in [2.45, 2.75) is 12.0 Å². The molecule has 2 aromatic carbocycles. The molecule has 0 saturated heterocycles. The molecule has 140 valence electrons. The Labute approximate surface area is 157 Å². The summed E-state index contributed by atoms with van der Waals surface area (Å²) in [6, 6.07) is 14.8. The van der Waals surface area contributed by atoms with Gasteiger partial charge in [-0.15, -0.1) is 6.58 Å². The second kappa shape index (κ2) is 8.51. The van der Waals surface area contributed by atoms with E-state index in [4.69, 9.17) is 9.47 Å². The SMILES string of the molecule is C=CCOC[C@@H](NC(=O)OCC1c2ccccc2-c2ccccc21)C(=O)O. The molecule has 2 N–H and O–H groups in total. The highest BCUT2D eigenvalue weighted by atomic mass is 16.5. The van der Waals surface area contributed by atoms with E-state index in [0.717, 1.165) is 22.3 Å². The lowest BCUT2D eigenvalue weighted by Crippen LogP contribution is -2.44. The van der Waals surface area contributed by atoms with Crippen molar-refractivity contribution >= 4 is 12.1 Å². The molecule has 1 aliphatic carbocycles. The number of carboxylic acids is 1. The van der Waals surface area contributed by atoms with Crippen molar-refractivity contribution in [3.05, 3.63) is 72.3 Å². The quantitative estimate of drug-likeness (QED) is 0.553. The highest BCUT2D eigenvalue weighted by Crippen LogP contribution is 2.44. The summed E-state index contributed by atoms with van der Waals surface area (Å²) in [5.74, 6) is -1.27. The Morgan fingerprint density at radius 1 is 1.11 bits per heavy atom. The van der Waals surface area contributed by atoms with E-state index in [9.17, 15) is 14.7 Å². The predicted octanol–water partition coefficient (Wildman–Crippen LogP) is 3.18. The monoisotopic (exact) mass is 367 g/mol. The van der Waals surface area contributed by atoms with E-state index >= 15 is 0 Å². The molecule has 0 aromatic heterocycles. The van der Waals surface area contributed by atoms with Gasteiger partial charge in [-0.25, -0.2) is 9.59 Å². The summed E-state index contributed by atoms with van der Waals surface area (Å²) in [6.07, 6.45) is 0.720. The van der Waals surface area contributed by atoms with Gasteiger partial charge in [-0.05, 0) is 22.3 Å². The summed E-state index contributed by atoms with van der Waals surface area (Å²) < 4.78 is 10.4. The number of fused-ring (bicyclic) bond motifs is 3. The topological polar surface area (TPSA) is 84.9 Å². The first-order chi connectivity index (χ1) is 13.1. The Morgan fingerprint density at radius 2 is 1.70 bits per heavy atom. The minimum Gasteiger partial charge on any atom is -0.480 e. The lowest BCUT2D eigenvalue weighted by molar-refractivity contribution is -0.140. The van der Waals surface area contributed by atoms with Crippen LogP contribution < -0.4 is 5.32 Å². The standard InChI is InChI=1S/C21H21NO5/c1-2-11-26-13-19(20(23)24)22-21(25)27-12-18-16-9-5-3-7-14(16)15-8-4-6-10-17(15)18/h2-10,18-19H,1,11-13H2,(H,22,25)(H,23,24)/t19-/m1/s1. The highest BCUT2D eigenvalue weighted by molar-refractivity contribution is 5.81. The number of nitrogens with one attached hydrogen (secondary N) is 1. The first kappa shape index (κ1) is 18.7. The number of rotatable bonds is 8. The maximum absolute atomic E-state index is 12.1. The maximum atomic E-state index is 12.1. The molecule has 1 aliphatic rings. The summed E-state index contributed by atoms with van der Waals surface area (Å²) in [6.45, 7) is 3.66. The number of hydrogen-bond donors (Lipinski definition) is 2. The van der Waals surface area contributed by atoms with Gasteiger partial charge in [-0.2, -0.15) is 0 Å². The number of amides is 1. The highest BCUT2D eigenvalue weighted by Gasteiger charge is 2.29. The summed E-state index contributed by atoms with van der Waals surface area (Å²) >= 11 is 0. The molecule has 0 fully saturated rings. The predicted molar refractivity (Wildman–Crippen MR) is 101 cm³/mol. The lowest BCUT2D eigenvalue weighted by Gasteiger charge is -2.17. The van der Waals surface area contributed by atoms with Crippen LogP contribution in [0.15, 0.2) is 61.2 Å². The van der Waals surface area contributed by atoms with Crippen molar-refractivity contribution in [1.29, 1.82) is 0 Å². The molecule has 6 heteroatoms. The second-order valence-corrected chi connectivity index (χ2v) is 6.19. The van der Waals surface area contributed by atoms with Crippen LogP contribution in [0.4, 0.5) is 4.79 Å². The lowest BCUT2D eigenvalue weighted by atomic mass is 9.98. The maximum Gasteiger partial charge on any atom is 0.407 e. The molecule has 0 saturated carbocycles. The van der Waals surface area contributed by atoms with Crippen LogP contribution in [0.25, 0.3) is 11.1 Å². The molecule has 0 bridgehead atoms. The molecule has 6 nitrogen and oxygen atoms in total. The van der Waals surface area contributed by atoms with Gasteiger partial charge in [0, 0.05) is 5.92 Å². The van der Waals surface area contributed by atoms with Gasteiger partial charge >= 0.3 is 12.1 Å². The Kier molecular flexibility index (Phi) is 5.88. The summed E-state index contributed by atoms with van der Waals surface area (Å²) in [7, 11) is 0. The number of carboxylic acid groups (broad SMARTS) is 1. The van der Waals surface area contributed by atoms with Gasteiger partial charge < -0.3 is 19.9 Å². The average Bonchev–Trinajstić information content (AvgIpc) is 2.99. The molecule has 1 atom stereocenters. The van der Waals surface area contributed by atoms with E-state index < -0.39 is 18.1 Å². The molecule has 1 amide bonds. The van der Waals surface area contributed by atoms with E-state index in [0.29, 0.717) is 0 Å². The van der Waals surface area contributed by atoms with Crippen LogP contribution in [-0.2, 0) is 14.3 Å². The van der Waals surface area contributed by atoms with Crippen LogP contribution in [0.5, 0.6) is 0 Å². The number of carbonyl (C=O) groups is 2. The third-order valence-electron chi connectivity index (χ3n) is 4.45. The van der Waals surface area contributed by atoms with Gasteiger partial charge in [0.1, 0.15) is 6.61 Å². The fourth-order valence-corrected chi connectivity index (χ4v) is 3.23. The zero-order valence-electron chi connectivity index (χ0n) is 14.8. The van der Waals surface area contributed by atoms with Gasteiger partial charge in [0.2, 0.25) is 0 Å². The van der Waals surface area contributed by atoms with E-state index in [1.807, 2.05) is 48.5 Å². The second-order valence-electron chi connectivity index (χ2n) is 6.19. The van der Waals surface area contributed by atoms with Gasteiger partial charge in [-0.1, -0.05) is 54.6 Å². The Hall–Kier alpha value is -3.12. The first-order valence-corrected chi connectivity index (χ1v) is 8.64. The van der Waals surface area contributed by atoms with Crippen LogP contribution in [0, 0.1) is 0 Å². The van der Waals surface area contributed by atoms with Crippen molar-refractivity contribution in [3.8, 4) is 11.1 Å². The smallest absolute Gasteiger partial charge is 0.407 e. The number of alkyl carbamates (subject to hydrolysis) is 1. The number of carbonyl (C=O) groups excluding carboxylic acids is 1.